The van der Waals surface area contributed by atoms with E-state index in [9.17, 15) is 5.11 Å². The van der Waals surface area contributed by atoms with Crippen LogP contribution in [0.1, 0.15) is 59.1 Å². The van der Waals surface area contributed by atoms with Crippen molar-refractivity contribution in [1.29, 1.82) is 0 Å². The van der Waals surface area contributed by atoms with E-state index in [2.05, 4.69) is 46.3 Å². The van der Waals surface area contributed by atoms with Crippen LogP contribution in [0.4, 0.5) is 0 Å². The molecule has 1 aliphatic heterocycles. The molecule has 3 nitrogen and oxygen atoms in total. The van der Waals surface area contributed by atoms with E-state index in [4.69, 9.17) is 11.6 Å². The number of aliphatic hydroxyl groups is 1. The van der Waals surface area contributed by atoms with Crippen molar-refractivity contribution in [2.24, 2.45) is 5.92 Å². The number of aliphatic hydroxyl groups excluding tert-OH is 1. The van der Waals surface area contributed by atoms with Crippen LogP contribution < -0.4 is 0 Å². The maximum Gasteiger partial charge on any atom is 0.0833 e. The third-order valence-electron chi connectivity index (χ3n) is 7.91. The van der Waals surface area contributed by atoms with Gasteiger partial charge in [-0.2, -0.15) is 0 Å². The van der Waals surface area contributed by atoms with Gasteiger partial charge in [-0.15, -0.1) is 0 Å². The number of nitrogens with zero attached hydrogens (tertiary/aromatic N) is 2. The lowest BCUT2D eigenvalue weighted by molar-refractivity contribution is 0.0538. The van der Waals surface area contributed by atoms with Crippen molar-refractivity contribution < 1.29 is 5.11 Å². The van der Waals surface area contributed by atoms with Gasteiger partial charge < -0.3 is 10.0 Å². The van der Waals surface area contributed by atoms with E-state index in [0.717, 1.165) is 49.5 Å². The van der Waals surface area contributed by atoms with Crippen LogP contribution in [0.5, 0.6) is 0 Å². The number of rotatable bonds is 4. The zero-order chi connectivity index (χ0) is 21.0. The number of benzene rings is 2. The summed E-state index contributed by atoms with van der Waals surface area (Å²) in [6, 6.07) is 19.4. The molecular weight excluding hydrogens is 404 g/mol. The maximum atomic E-state index is 10.8. The van der Waals surface area contributed by atoms with E-state index < -0.39 is 6.10 Å². The van der Waals surface area contributed by atoms with Crippen LogP contribution >= 0.6 is 11.6 Å². The van der Waals surface area contributed by atoms with Crippen LogP contribution in [-0.4, -0.2) is 34.6 Å². The van der Waals surface area contributed by atoms with E-state index in [1.54, 1.807) is 12.4 Å². The monoisotopic (exact) mass is 430 g/mol. The van der Waals surface area contributed by atoms with Crippen LogP contribution in [0.25, 0.3) is 0 Å². The molecule has 2 bridgehead atoms. The molecule has 31 heavy (non-hydrogen) atoms. The van der Waals surface area contributed by atoms with E-state index >= 15 is 0 Å². The summed E-state index contributed by atoms with van der Waals surface area (Å²) in [4.78, 5) is 6.79. The minimum Gasteiger partial charge on any atom is -0.388 e. The topological polar surface area (TPSA) is 36.4 Å². The molecule has 1 fully saturated rings. The van der Waals surface area contributed by atoms with Crippen LogP contribution in [0.15, 0.2) is 67.0 Å². The van der Waals surface area contributed by atoms with Crippen molar-refractivity contribution in [1.82, 2.24) is 9.88 Å². The molecule has 0 saturated carbocycles. The highest BCUT2D eigenvalue weighted by Crippen LogP contribution is 2.60. The molecule has 2 aliphatic carbocycles. The van der Waals surface area contributed by atoms with Gasteiger partial charge in [0.05, 0.1) is 6.10 Å². The van der Waals surface area contributed by atoms with Gasteiger partial charge >= 0.3 is 0 Å². The first-order valence-electron chi connectivity index (χ1n) is 11.4. The average molecular weight is 431 g/mol. The molecule has 6 rings (SSSR count). The molecule has 0 spiro atoms. The second-order valence-electron chi connectivity index (χ2n) is 9.50. The first kappa shape index (κ1) is 19.5. The minimum atomic E-state index is -0.420. The molecule has 4 heteroatoms. The van der Waals surface area contributed by atoms with E-state index in [0.29, 0.717) is 11.8 Å². The van der Waals surface area contributed by atoms with Crippen molar-refractivity contribution in [2.45, 2.75) is 36.7 Å². The molecule has 2 aromatic carbocycles. The Bertz CT molecular complexity index is 1110. The number of piperidine rings is 1. The third kappa shape index (κ3) is 3.06. The van der Waals surface area contributed by atoms with Crippen molar-refractivity contribution in [3.63, 3.8) is 0 Å². The number of aromatic nitrogens is 1. The highest BCUT2D eigenvalue weighted by Gasteiger charge is 2.53. The highest BCUT2D eigenvalue weighted by atomic mass is 35.5. The number of fused-ring (bicyclic) bond motifs is 8. The SMILES string of the molecule is O[C@@H](c1cccnc1)C1CCN(CC23C[C@@H](c4ccccc42)c2ccc(Cl)cc23)CC1. The van der Waals surface area contributed by atoms with Crippen LogP contribution in [-0.2, 0) is 5.41 Å². The maximum absolute atomic E-state index is 10.8. The van der Waals surface area contributed by atoms with Crippen molar-refractivity contribution in [3.05, 3.63) is 99.8 Å². The molecular formula is C27H27ClN2O. The van der Waals surface area contributed by atoms with Gasteiger partial charge in [0.25, 0.3) is 0 Å². The zero-order valence-electron chi connectivity index (χ0n) is 17.5. The predicted octanol–water partition coefficient (Wildman–Crippen LogP) is 5.32. The third-order valence-corrected chi connectivity index (χ3v) is 8.14. The first-order chi connectivity index (χ1) is 15.2. The molecule has 0 amide bonds. The Hall–Kier alpha value is -2.20. The van der Waals surface area contributed by atoms with E-state index in [1.165, 1.54) is 22.3 Å². The van der Waals surface area contributed by atoms with Gasteiger partial charge in [0, 0.05) is 35.3 Å². The summed E-state index contributed by atoms with van der Waals surface area (Å²) < 4.78 is 0. The number of hydrogen-bond acceptors (Lipinski definition) is 3. The molecule has 1 N–H and O–H groups in total. The Balaban J connectivity index is 1.25. The van der Waals surface area contributed by atoms with Crippen LogP contribution in [0.2, 0.25) is 5.02 Å². The smallest absolute Gasteiger partial charge is 0.0833 e. The number of hydrogen-bond donors (Lipinski definition) is 1. The Morgan fingerprint density at radius 3 is 2.65 bits per heavy atom. The van der Waals surface area contributed by atoms with Gasteiger partial charge in [-0.05, 0) is 84.3 Å². The molecule has 3 aromatic rings. The standard InChI is InChI=1S/C27H27ClN2O/c28-20-7-8-22-23-15-27(25(22)14-20,24-6-2-1-5-21(23)24)17-30-12-9-18(10-13-30)26(31)19-4-3-11-29-16-19/h1-8,11,14,16,18,23,26,31H,9-10,12-13,15,17H2/t23-,26+,27?/m0/s1. The predicted molar refractivity (Wildman–Crippen MR) is 123 cm³/mol. The Labute approximate surface area is 188 Å². The molecule has 158 valence electrons. The summed E-state index contributed by atoms with van der Waals surface area (Å²) in [6.07, 6.45) is 6.32. The van der Waals surface area contributed by atoms with Gasteiger partial charge in [0.2, 0.25) is 0 Å². The summed E-state index contributed by atoms with van der Waals surface area (Å²) >= 11 is 6.46. The van der Waals surface area contributed by atoms with Gasteiger partial charge in [-0.25, -0.2) is 0 Å². The second kappa shape index (κ2) is 7.44. The number of pyridine rings is 1. The van der Waals surface area contributed by atoms with Gasteiger partial charge in [0.1, 0.15) is 0 Å². The Morgan fingerprint density at radius 2 is 1.84 bits per heavy atom. The summed E-state index contributed by atoms with van der Waals surface area (Å²) in [6.45, 7) is 3.07. The fourth-order valence-corrected chi connectivity index (χ4v) is 6.62. The van der Waals surface area contributed by atoms with Gasteiger partial charge in [0.15, 0.2) is 0 Å². The van der Waals surface area contributed by atoms with Crippen LogP contribution in [0.3, 0.4) is 0 Å². The molecule has 2 heterocycles. The zero-order valence-corrected chi connectivity index (χ0v) is 18.3. The lowest BCUT2D eigenvalue weighted by Gasteiger charge is -2.40. The quantitative estimate of drug-likeness (QED) is 0.608. The summed E-state index contributed by atoms with van der Waals surface area (Å²) in [7, 11) is 0. The Morgan fingerprint density at radius 1 is 1.03 bits per heavy atom. The molecule has 1 aromatic heterocycles. The van der Waals surface area contributed by atoms with E-state index in [-0.39, 0.29) is 5.41 Å². The average Bonchev–Trinajstić information content (AvgIpc) is 3.31. The molecule has 0 radical (unpaired) electrons. The molecule has 3 aliphatic rings. The normalized spacial score (nSPS) is 25.9. The minimum absolute atomic E-state index is 0.0380. The number of halogens is 1. The van der Waals surface area contributed by atoms with Gasteiger partial charge in [-0.1, -0.05) is 48.0 Å². The van der Waals surface area contributed by atoms with Crippen molar-refractivity contribution in [2.75, 3.05) is 19.6 Å². The second-order valence-corrected chi connectivity index (χ2v) is 9.94. The lowest BCUT2D eigenvalue weighted by atomic mass is 9.74. The fraction of sp³-hybridized carbons (Fsp3) is 0.370. The molecule has 3 atom stereocenters. The lowest BCUT2D eigenvalue weighted by Crippen LogP contribution is -2.44. The Kier molecular flexibility index (Phi) is 4.68. The van der Waals surface area contributed by atoms with Gasteiger partial charge in [-0.3, -0.25) is 4.98 Å². The molecule has 1 unspecified atom stereocenters. The first-order valence-corrected chi connectivity index (χ1v) is 11.7. The highest BCUT2D eigenvalue weighted by molar-refractivity contribution is 6.30. The summed E-state index contributed by atoms with van der Waals surface area (Å²) in [5.41, 5.74) is 6.86. The van der Waals surface area contributed by atoms with Crippen molar-refractivity contribution >= 4 is 11.6 Å². The van der Waals surface area contributed by atoms with E-state index in [1.807, 2.05) is 18.2 Å². The fourth-order valence-electron chi connectivity index (χ4n) is 6.45. The molecule has 1 saturated heterocycles. The summed E-state index contributed by atoms with van der Waals surface area (Å²) in [5, 5.41) is 11.7. The summed E-state index contributed by atoms with van der Waals surface area (Å²) in [5.74, 6) is 0.792. The van der Waals surface area contributed by atoms with Crippen molar-refractivity contribution in [3.8, 4) is 0 Å². The van der Waals surface area contributed by atoms with Crippen LogP contribution in [0, 0.1) is 5.92 Å². The largest absolute Gasteiger partial charge is 0.388 e. The number of likely N-dealkylation sites (tertiary alicyclic amines) is 1.